The molecular formula is C9H14N2. The normalized spacial score (nSPS) is 30.2. The van der Waals surface area contributed by atoms with Gasteiger partial charge in [-0.15, -0.1) is 6.58 Å². The fraction of sp³-hybridized carbons (Fsp3) is 0.444. The van der Waals surface area contributed by atoms with E-state index in [-0.39, 0.29) is 6.04 Å². The lowest BCUT2D eigenvalue weighted by Crippen LogP contribution is -2.25. The quantitative estimate of drug-likeness (QED) is 0.595. The maximum Gasteiger partial charge on any atom is 0.0733 e. The molecule has 0 bridgehead atoms. The van der Waals surface area contributed by atoms with Gasteiger partial charge in [-0.3, -0.25) is 0 Å². The first kappa shape index (κ1) is 8.05. The van der Waals surface area contributed by atoms with E-state index < -0.39 is 0 Å². The van der Waals surface area contributed by atoms with Crippen LogP contribution in [-0.2, 0) is 0 Å². The Morgan fingerprint density at radius 3 is 3.00 bits per heavy atom. The van der Waals surface area contributed by atoms with Gasteiger partial charge in [0.25, 0.3) is 0 Å². The van der Waals surface area contributed by atoms with E-state index in [1.807, 2.05) is 19.2 Å². The van der Waals surface area contributed by atoms with Crippen LogP contribution >= 0.6 is 0 Å². The zero-order valence-corrected chi connectivity index (χ0v) is 7.04. The van der Waals surface area contributed by atoms with Crippen molar-refractivity contribution in [3.63, 3.8) is 0 Å². The molecule has 2 unspecified atom stereocenters. The Bertz CT molecular complexity index is 204. The second-order valence-corrected chi connectivity index (χ2v) is 2.73. The Hall–Kier alpha value is -1.05. The SMILES string of the molecule is C=CC1NN=CC1/C(C)=C\C. The van der Waals surface area contributed by atoms with Gasteiger partial charge in [-0.25, -0.2) is 0 Å². The number of allylic oxidation sites excluding steroid dienone is 1. The molecule has 1 heterocycles. The van der Waals surface area contributed by atoms with Crippen molar-refractivity contribution in [3.05, 3.63) is 24.3 Å². The number of rotatable bonds is 2. The molecule has 0 aliphatic carbocycles. The minimum absolute atomic E-state index is 0.284. The van der Waals surface area contributed by atoms with Gasteiger partial charge in [0.1, 0.15) is 0 Å². The van der Waals surface area contributed by atoms with Gasteiger partial charge in [0, 0.05) is 12.1 Å². The van der Waals surface area contributed by atoms with Gasteiger partial charge in [-0.2, -0.15) is 5.10 Å². The number of hydrogen-bond acceptors (Lipinski definition) is 2. The third kappa shape index (κ3) is 1.50. The maximum atomic E-state index is 4.00. The molecule has 0 spiro atoms. The van der Waals surface area contributed by atoms with Crippen molar-refractivity contribution in [1.82, 2.24) is 5.43 Å². The van der Waals surface area contributed by atoms with E-state index in [9.17, 15) is 0 Å². The molecule has 0 aromatic rings. The van der Waals surface area contributed by atoms with Crippen LogP contribution in [0.25, 0.3) is 0 Å². The zero-order chi connectivity index (χ0) is 8.27. The van der Waals surface area contributed by atoms with Gasteiger partial charge in [0.05, 0.1) is 6.04 Å². The molecule has 0 radical (unpaired) electrons. The Balaban J connectivity index is 2.70. The molecule has 2 nitrogen and oxygen atoms in total. The average molecular weight is 150 g/mol. The number of hydrazone groups is 1. The molecule has 2 atom stereocenters. The highest BCUT2D eigenvalue weighted by Gasteiger charge is 2.21. The average Bonchev–Trinajstić information content (AvgIpc) is 2.50. The predicted molar refractivity (Wildman–Crippen MR) is 48.5 cm³/mol. The van der Waals surface area contributed by atoms with Crippen molar-refractivity contribution in [2.75, 3.05) is 0 Å². The monoisotopic (exact) mass is 150 g/mol. The van der Waals surface area contributed by atoms with Crippen LogP contribution in [0.3, 0.4) is 0 Å². The van der Waals surface area contributed by atoms with Crippen molar-refractivity contribution in [3.8, 4) is 0 Å². The van der Waals surface area contributed by atoms with E-state index in [4.69, 9.17) is 0 Å². The molecule has 0 amide bonds. The van der Waals surface area contributed by atoms with Crippen molar-refractivity contribution in [1.29, 1.82) is 0 Å². The summed E-state index contributed by atoms with van der Waals surface area (Å²) in [7, 11) is 0. The fourth-order valence-corrected chi connectivity index (χ4v) is 1.17. The van der Waals surface area contributed by atoms with Crippen LogP contribution in [0, 0.1) is 5.92 Å². The smallest absolute Gasteiger partial charge is 0.0733 e. The lowest BCUT2D eigenvalue weighted by atomic mass is 9.95. The van der Waals surface area contributed by atoms with Crippen LogP contribution < -0.4 is 5.43 Å². The Morgan fingerprint density at radius 1 is 1.73 bits per heavy atom. The first-order chi connectivity index (χ1) is 5.29. The van der Waals surface area contributed by atoms with E-state index in [1.165, 1.54) is 5.57 Å². The Morgan fingerprint density at radius 2 is 2.45 bits per heavy atom. The number of nitrogens with one attached hydrogen (secondary N) is 1. The summed E-state index contributed by atoms with van der Waals surface area (Å²) in [5.41, 5.74) is 4.32. The maximum absolute atomic E-state index is 4.00. The summed E-state index contributed by atoms with van der Waals surface area (Å²) >= 11 is 0. The van der Waals surface area contributed by atoms with Gasteiger partial charge in [-0.05, 0) is 13.8 Å². The summed E-state index contributed by atoms with van der Waals surface area (Å²) < 4.78 is 0. The van der Waals surface area contributed by atoms with Crippen LogP contribution in [-0.4, -0.2) is 12.3 Å². The molecule has 2 heteroatoms. The topological polar surface area (TPSA) is 24.4 Å². The van der Waals surface area contributed by atoms with Gasteiger partial charge < -0.3 is 5.43 Å². The fourth-order valence-electron chi connectivity index (χ4n) is 1.17. The molecule has 0 fully saturated rings. The number of hydrogen-bond donors (Lipinski definition) is 1. The molecule has 60 valence electrons. The van der Waals surface area contributed by atoms with E-state index >= 15 is 0 Å². The van der Waals surface area contributed by atoms with Crippen LogP contribution in [0.5, 0.6) is 0 Å². The van der Waals surface area contributed by atoms with Crippen LogP contribution in [0.1, 0.15) is 13.8 Å². The Kier molecular flexibility index (Phi) is 2.47. The summed E-state index contributed by atoms with van der Waals surface area (Å²) in [6.45, 7) is 7.89. The third-order valence-corrected chi connectivity index (χ3v) is 2.08. The van der Waals surface area contributed by atoms with Crippen molar-refractivity contribution in [2.45, 2.75) is 19.9 Å². The highest BCUT2D eigenvalue weighted by molar-refractivity contribution is 5.68. The summed E-state index contributed by atoms with van der Waals surface area (Å²) in [6, 6.07) is 0.284. The molecule has 1 N–H and O–H groups in total. The summed E-state index contributed by atoms with van der Waals surface area (Å²) in [6.07, 6.45) is 5.94. The molecule has 1 aliphatic rings. The third-order valence-electron chi connectivity index (χ3n) is 2.08. The molecule has 1 rings (SSSR count). The van der Waals surface area contributed by atoms with Crippen LogP contribution in [0.2, 0.25) is 0 Å². The van der Waals surface area contributed by atoms with E-state index in [0.717, 1.165) is 0 Å². The lowest BCUT2D eigenvalue weighted by molar-refractivity contribution is 0.609. The molecule has 0 aromatic heterocycles. The largest absolute Gasteiger partial charge is 0.303 e. The van der Waals surface area contributed by atoms with Gasteiger partial charge in [0.15, 0.2) is 0 Å². The minimum Gasteiger partial charge on any atom is -0.303 e. The molecular weight excluding hydrogens is 136 g/mol. The summed E-state index contributed by atoms with van der Waals surface area (Å²) in [5, 5.41) is 4.00. The second-order valence-electron chi connectivity index (χ2n) is 2.73. The zero-order valence-electron chi connectivity index (χ0n) is 7.04. The lowest BCUT2D eigenvalue weighted by Gasteiger charge is -2.13. The summed E-state index contributed by atoms with van der Waals surface area (Å²) in [4.78, 5) is 0. The summed E-state index contributed by atoms with van der Waals surface area (Å²) in [5.74, 6) is 0.400. The highest BCUT2D eigenvalue weighted by Crippen LogP contribution is 2.17. The van der Waals surface area contributed by atoms with Crippen molar-refractivity contribution in [2.24, 2.45) is 11.0 Å². The first-order valence-corrected chi connectivity index (χ1v) is 3.83. The first-order valence-electron chi connectivity index (χ1n) is 3.83. The Labute approximate surface area is 67.7 Å². The predicted octanol–water partition coefficient (Wildman–Crippen LogP) is 1.71. The van der Waals surface area contributed by atoms with E-state index in [0.29, 0.717) is 5.92 Å². The van der Waals surface area contributed by atoms with E-state index in [1.54, 1.807) is 0 Å². The highest BCUT2D eigenvalue weighted by atomic mass is 15.3. The molecule has 0 saturated carbocycles. The van der Waals surface area contributed by atoms with Crippen LogP contribution in [0.15, 0.2) is 29.4 Å². The van der Waals surface area contributed by atoms with Gasteiger partial charge >= 0.3 is 0 Å². The molecule has 0 saturated heterocycles. The molecule has 0 aromatic carbocycles. The molecule has 11 heavy (non-hydrogen) atoms. The standard InChI is InChI=1S/C9H14N2/c1-4-7(3)8-6-10-11-9(8)5-2/h4-6,8-9,11H,2H2,1,3H3/b7-4-. The van der Waals surface area contributed by atoms with Crippen LogP contribution in [0.4, 0.5) is 0 Å². The van der Waals surface area contributed by atoms with Gasteiger partial charge in [0.2, 0.25) is 0 Å². The van der Waals surface area contributed by atoms with Gasteiger partial charge in [-0.1, -0.05) is 17.7 Å². The van der Waals surface area contributed by atoms with E-state index in [2.05, 4.69) is 30.1 Å². The second kappa shape index (κ2) is 3.37. The number of nitrogens with zero attached hydrogens (tertiary/aromatic N) is 1. The minimum atomic E-state index is 0.284. The van der Waals surface area contributed by atoms with Crippen molar-refractivity contribution < 1.29 is 0 Å². The molecule has 1 aliphatic heterocycles. The van der Waals surface area contributed by atoms with Crippen molar-refractivity contribution >= 4 is 6.21 Å².